The third-order valence-electron chi connectivity index (χ3n) is 1.02. The van der Waals surface area contributed by atoms with Crippen molar-refractivity contribution in [3.05, 3.63) is 24.6 Å². The number of hydrogen-bond acceptors (Lipinski definition) is 3. The molecule has 0 aliphatic rings. The van der Waals surface area contributed by atoms with E-state index in [-0.39, 0.29) is 0 Å². The van der Waals surface area contributed by atoms with Crippen molar-refractivity contribution in [2.24, 2.45) is 0 Å². The number of rotatable bonds is 3. The van der Waals surface area contributed by atoms with Crippen LogP contribution in [0.3, 0.4) is 0 Å². The first-order valence-corrected chi connectivity index (χ1v) is 3.10. The average Bonchev–Trinajstić information content (AvgIpc) is 2.31. The van der Waals surface area contributed by atoms with Gasteiger partial charge in [0, 0.05) is 6.54 Å². The van der Waals surface area contributed by atoms with Gasteiger partial charge in [-0.25, -0.2) is 0 Å². The molecule has 0 saturated heterocycles. The highest BCUT2D eigenvalue weighted by molar-refractivity contribution is 5.21. The number of anilines is 1. The van der Waals surface area contributed by atoms with E-state index in [0.29, 0.717) is 12.6 Å². The Morgan fingerprint density at radius 1 is 1.90 bits per heavy atom. The van der Waals surface area contributed by atoms with E-state index in [4.69, 9.17) is 4.42 Å². The smallest absolute Gasteiger partial charge is 0.294 e. The van der Waals surface area contributed by atoms with E-state index in [9.17, 15) is 0 Å². The lowest BCUT2D eigenvalue weighted by molar-refractivity contribution is 0.572. The van der Waals surface area contributed by atoms with Crippen molar-refractivity contribution < 1.29 is 4.42 Å². The minimum absolute atomic E-state index is 0.553. The van der Waals surface area contributed by atoms with Gasteiger partial charge in [0.1, 0.15) is 6.26 Å². The van der Waals surface area contributed by atoms with Crippen LogP contribution in [0.4, 0.5) is 6.01 Å². The van der Waals surface area contributed by atoms with Crippen LogP contribution in [-0.4, -0.2) is 11.5 Å². The van der Waals surface area contributed by atoms with Crippen LogP contribution in [0.5, 0.6) is 0 Å². The first-order chi connectivity index (χ1) is 4.83. The van der Waals surface area contributed by atoms with E-state index in [0.717, 1.165) is 5.69 Å². The Labute approximate surface area is 59.8 Å². The largest absolute Gasteiger partial charge is 0.432 e. The number of hydrogen-bond donors (Lipinski definition) is 1. The molecule has 3 nitrogen and oxygen atoms in total. The summed E-state index contributed by atoms with van der Waals surface area (Å²) >= 11 is 0. The molecule has 0 saturated carbocycles. The van der Waals surface area contributed by atoms with Crippen molar-refractivity contribution in [1.82, 2.24) is 4.98 Å². The van der Waals surface area contributed by atoms with Gasteiger partial charge >= 0.3 is 0 Å². The molecule has 0 spiro atoms. The fraction of sp³-hybridized carbons (Fsp3) is 0.286. The van der Waals surface area contributed by atoms with Gasteiger partial charge in [-0.05, 0) is 6.92 Å². The standard InChI is InChI=1S/C7H10N2O/c1-3-4-8-7-9-6(2)5-10-7/h3,5H,1,4H2,2H3,(H,8,9). The predicted octanol–water partition coefficient (Wildman–Crippen LogP) is 1.58. The van der Waals surface area contributed by atoms with Gasteiger partial charge in [-0.15, -0.1) is 6.58 Å². The Bertz CT molecular complexity index is 217. The van der Waals surface area contributed by atoms with Gasteiger partial charge < -0.3 is 9.73 Å². The summed E-state index contributed by atoms with van der Waals surface area (Å²) in [5.74, 6) is 0. The molecule has 0 aliphatic heterocycles. The van der Waals surface area contributed by atoms with E-state index >= 15 is 0 Å². The highest BCUT2D eigenvalue weighted by atomic mass is 16.4. The Kier molecular flexibility index (Phi) is 2.10. The molecule has 0 amide bonds. The third kappa shape index (κ3) is 1.62. The van der Waals surface area contributed by atoms with Gasteiger partial charge in [-0.3, -0.25) is 0 Å². The van der Waals surface area contributed by atoms with Crippen molar-refractivity contribution in [2.75, 3.05) is 11.9 Å². The predicted molar refractivity (Wildman–Crippen MR) is 39.9 cm³/mol. The normalized spacial score (nSPS) is 9.30. The van der Waals surface area contributed by atoms with E-state index in [1.54, 1.807) is 12.3 Å². The zero-order valence-electron chi connectivity index (χ0n) is 5.92. The molecule has 0 radical (unpaired) electrons. The van der Waals surface area contributed by atoms with Gasteiger partial charge in [0.05, 0.1) is 5.69 Å². The quantitative estimate of drug-likeness (QED) is 0.644. The maximum Gasteiger partial charge on any atom is 0.294 e. The number of aromatic nitrogens is 1. The molecule has 1 heterocycles. The summed E-state index contributed by atoms with van der Waals surface area (Å²) < 4.78 is 5.00. The summed E-state index contributed by atoms with van der Waals surface area (Å²) in [6.07, 6.45) is 3.35. The lowest BCUT2D eigenvalue weighted by atomic mass is 10.6. The lowest BCUT2D eigenvalue weighted by Gasteiger charge is -1.92. The van der Waals surface area contributed by atoms with Crippen LogP contribution < -0.4 is 5.32 Å². The van der Waals surface area contributed by atoms with Crippen LogP contribution in [0.2, 0.25) is 0 Å². The SMILES string of the molecule is C=CCNc1nc(C)co1. The molecular formula is C7H10N2O. The molecule has 0 aromatic carbocycles. The summed E-state index contributed by atoms with van der Waals surface area (Å²) in [7, 11) is 0. The third-order valence-corrected chi connectivity index (χ3v) is 1.02. The fourth-order valence-corrected chi connectivity index (χ4v) is 0.595. The molecule has 54 valence electrons. The first-order valence-electron chi connectivity index (χ1n) is 3.10. The van der Waals surface area contributed by atoms with E-state index in [1.165, 1.54) is 0 Å². The second-order valence-corrected chi connectivity index (χ2v) is 1.96. The van der Waals surface area contributed by atoms with Crippen molar-refractivity contribution in [1.29, 1.82) is 0 Å². The monoisotopic (exact) mass is 138 g/mol. The van der Waals surface area contributed by atoms with Gasteiger partial charge in [-0.1, -0.05) is 6.08 Å². The number of nitrogens with zero attached hydrogens (tertiary/aromatic N) is 1. The van der Waals surface area contributed by atoms with Crippen LogP contribution in [0.1, 0.15) is 5.69 Å². The maximum atomic E-state index is 5.00. The number of aryl methyl sites for hydroxylation is 1. The van der Waals surface area contributed by atoms with E-state index in [1.807, 2.05) is 6.92 Å². The second kappa shape index (κ2) is 3.06. The summed E-state index contributed by atoms with van der Waals surface area (Å²) in [6, 6.07) is 0.553. The van der Waals surface area contributed by atoms with Crippen molar-refractivity contribution in [3.8, 4) is 0 Å². The van der Waals surface area contributed by atoms with Crippen molar-refractivity contribution in [3.63, 3.8) is 0 Å². The summed E-state index contributed by atoms with van der Waals surface area (Å²) in [5, 5.41) is 2.92. The Morgan fingerprint density at radius 3 is 3.20 bits per heavy atom. The van der Waals surface area contributed by atoms with Crippen LogP contribution in [-0.2, 0) is 0 Å². The van der Waals surface area contributed by atoms with E-state index < -0.39 is 0 Å². The Morgan fingerprint density at radius 2 is 2.70 bits per heavy atom. The van der Waals surface area contributed by atoms with Crippen LogP contribution in [0.25, 0.3) is 0 Å². The van der Waals surface area contributed by atoms with Crippen LogP contribution in [0.15, 0.2) is 23.3 Å². The highest BCUT2D eigenvalue weighted by Crippen LogP contribution is 2.04. The summed E-state index contributed by atoms with van der Waals surface area (Å²) in [4.78, 5) is 4.02. The molecule has 1 aromatic rings. The van der Waals surface area contributed by atoms with Crippen LogP contribution in [0, 0.1) is 6.92 Å². The topological polar surface area (TPSA) is 38.1 Å². The molecule has 1 aromatic heterocycles. The van der Waals surface area contributed by atoms with Crippen LogP contribution >= 0.6 is 0 Å². The van der Waals surface area contributed by atoms with E-state index in [2.05, 4.69) is 16.9 Å². The molecule has 1 rings (SSSR count). The minimum Gasteiger partial charge on any atom is -0.432 e. The fourth-order valence-electron chi connectivity index (χ4n) is 0.595. The average molecular weight is 138 g/mol. The molecular weight excluding hydrogens is 128 g/mol. The Balaban J connectivity index is 2.49. The molecule has 3 heteroatoms. The Hall–Kier alpha value is -1.25. The number of oxazole rings is 1. The molecule has 0 atom stereocenters. The lowest BCUT2D eigenvalue weighted by Crippen LogP contribution is -1.97. The highest BCUT2D eigenvalue weighted by Gasteiger charge is 1.95. The molecule has 0 unspecified atom stereocenters. The zero-order valence-corrected chi connectivity index (χ0v) is 5.92. The zero-order chi connectivity index (χ0) is 7.40. The molecule has 10 heavy (non-hydrogen) atoms. The van der Waals surface area contributed by atoms with Gasteiger partial charge in [0.15, 0.2) is 0 Å². The molecule has 0 aliphatic carbocycles. The van der Waals surface area contributed by atoms with Gasteiger partial charge in [-0.2, -0.15) is 4.98 Å². The van der Waals surface area contributed by atoms with Gasteiger partial charge in [0.2, 0.25) is 0 Å². The minimum atomic E-state index is 0.553. The van der Waals surface area contributed by atoms with Crippen molar-refractivity contribution >= 4 is 6.01 Å². The summed E-state index contributed by atoms with van der Waals surface area (Å²) in [5.41, 5.74) is 0.881. The molecule has 0 bridgehead atoms. The molecule has 0 fully saturated rings. The van der Waals surface area contributed by atoms with Crippen molar-refractivity contribution in [2.45, 2.75) is 6.92 Å². The maximum absolute atomic E-state index is 5.00. The van der Waals surface area contributed by atoms with Gasteiger partial charge in [0.25, 0.3) is 6.01 Å². The number of nitrogens with one attached hydrogen (secondary N) is 1. The summed E-state index contributed by atoms with van der Waals surface area (Å²) in [6.45, 7) is 6.11. The second-order valence-electron chi connectivity index (χ2n) is 1.96. The molecule has 1 N–H and O–H groups in total. The first kappa shape index (κ1) is 6.86.